The van der Waals surface area contributed by atoms with Gasteiger partial charge in [-0.2, -0.15) is 5.26 Å². The smallest absolute Gasteiger partial charge is 0.242 e. The van der Waals surface area contributed by atoms with Crippen LogP contribution in [-0.2, 0) is 11.3 Å². The Hall–Kier alpha value is -2.32. The van der Waals surface area contributed by atoms with E-state index in [-0.39, 0.29) is 18.4 Å². The number of nitrogens with zero attached hydrogens (tertiary/aromatic N) is 3. The summed E-state index contributed by atoms with van der Waals surface area (Å²) in [6, 6.07) is 10.1. The summed E-state index contributed by atoms with van der Waals surface area (Å²) < 4.78 is 1.96. The van der Waals surface area contributed by atoms with Crippen LogP contribution in [-0.4, -0.2) is 39.2 Å². The fourth-order valence-electron chi connectivity index (χ4n) is 5.28. The third-order valence-electron chi connectivity index (χ3n) is 6.92. The molecule has 1 saturated heterocycles. The second kappa shape index (κ2) is 6.69. The molecule has 1 aliphatic heterocycles. The van der Waals surface area contributed by atoms with Crippen LogP contribution in [0.1, 0.15) is 43.9 Å². The number of benzene rings is 1. The van der Waals surface area contributed by atoms with Crippen LogP contribution in [0.4, 0.5) is 0 Å². The molecule has 27 heavy (non-hydrogen) atoms. The highest BCUT2D eigenvalue weighted by molar-refractivity contribution is 5.89. The Bertz CT molecular complexity index is 926. The maximum absolute atomic E-state index is 13.1. The zero-order chi connectivity index (χ0) is 19.2. The van der Waals surface area contributed by atoms with Crippen molar-refractivity contribution in [1.29, 1.82) is 5.26 Å². The Balaban J connectivity index is 1.59. The van der Waals surface area contributed by atoms with Crippen LogP contribution < -0.4 is 0 Å². The molecule has 0 bridgehead atoms. The lowest BCUT2D eigenvalue weighted by Gasteiger charge is -2.40. The SMILES string of the molecule is CC[C@]1(O)CCC[C@H]2CN(C(=O)Cn3c(C)c(C#N)c4ccccc43)C[C@H]21. The molecule has 5 heteroatoms. The molecule has 2 aliphatic rings. The Morgan fingerprint density at radius 2 is 2.15 bits per heavy atom. The highest BCUT2D eigenvalue weighted by atomic mass is 16.3. The molecule has 2 aromatic rings. The number of rotatable bonds is 3. The van der Waals surface area contributed by atoms with E-state index in [0.29, 0.717) is 18.0 Å². The van der Waals surface area contributed by atoms with Crippen LogP contribution in [0.5, 0.6) is 0 Å². The van der Waals surface area contributed by atoms with Crippen molar-refractivity contribution >= 4 is 16.8 Å². The minimum absolute atomic E-state index is 0.0798. The molecular weight excluding hydrogens is 338 g/mol. The summed E-state index contributed by atoms with van der Waals surface area (Å²) >= 11 is 0. The molecule has 1 aliphatic carbocycles. The molecule has 0 unspecified atom stereocenters. The monoisotopic (exact) mass is 365 g/mol. The van der Waals surface area contributed by atoms with Crippen molar-refractivity contribution in [2.45, 2.75) is 51.7 Å². The molecule has 4 rings (SSSR count). The van der Waals surface area contributed by atoms with Gasteiger partial charge in [-0.1, -0.05) is 31.5 Å². The number of para-hydroxylation sites is 1. The van der Waals surface area contributed by atoms with Crippen molar-refractivity contribution in [2.24, 2.45) is 11.8 Å². The van der Waals surface area contributed by atoms with Gasteiger partial charge in [0.15, 0.2) is 0 Å². The third kappa shape index (κ3) is 2.83. The second-order valence-electron chi connectivity index (χ2n) is 8.19. The Kier molecular flexibility index (Phi) is 4.47. The minimum Gasteiger partial charge on any atom is -0.390 e. The Morgan fingerprint density at radius 1 is 1.37 bits per heavy atom. The molecule has 0 spiro atoms. The molecule has 1 aromatic carbocycles. The number of fused-ring (bicyclic) bond motifs is 2. The van der Waals surface area contributed by atoms with Crippen molar-refractivity contribution in [1.82, 2.24) is 9.47 Å². The lowest BCUT2D eigenvalue weighted by Crippen LogP contribution is -2.44. The highest BCUT2D eigenvalue weighted by Gasteiger charge is 2.48. The van der Waals surface area contributed by atoms with E-state index in [9.17, 15) is 15.2 Å². The zero-order valence-electron chi connectivity index (χ0n) is 16.1. The van der Waals surface area contributed by atoms with Gasteiger partial charge in [-0.3, -0.25) is 4.79 Å². The molecule has 142 valence electrons. The van der Waals surface area contributed by atoms with Gasteiger partial charge in [0.2, 0.25) is 5.91 Å². The fourth-order valence-corrected chi connectivity index (χ4v) is 5.28. The molecule has 1 aromatic heterocycles. The Morgan fingerprint density at radius 3 is 2.89 bits per heavy atom. The quantitative estimate of drug-likeness (QED) is 0.908. The Labute approximate surface area is 160 Å². The van der Waals surface area contributed by atoms with Crippen LogP contribution >= 0.6 is 0 Å². The van der Waals surface area contributed by atoms with E-state index < -0.39 is 5.60 Å². The number of hydrogen-bond acceptors (Lipinski definition) is 3. The zero-order valence-corrected chi connectivity index (χ0v) is 16.1. The van der Waals surface area contributed by atoms with E-state index in [1.165, 1.54) is 0 Å². The molecule has 2 fully saturated rings. The number of carbonyl (C=O) groups is 1. The van der Waals surface area contributed by atoms with Crippen LogP contribution in [0.15, 0.2) is 24.3 Å². The number of carbonyl (C=O) groups excluding carboxylic acids is 1. The first kappa shape index (κ1) is 18.1. The first-order valence-electron chi connectivity index (χ1n) is 9.96. The van der Waals surface area contributed by atoms with Crippen molar-refractivity contribution in [3.05, 3.63) is 35.5 Å². The van der Waals surface area contributed by atoms with Gasteiger partial charge in [0.05, 0.1) is 16.7 Å². The van der Waals surface area contributed by atoms with E-state index in [1.54, 1.807) is 0 Å². The molecule has 5 nitrogen and oxygen atoms in total. The summed E-state index contributed by atoms with van der Waals surface area (Å²) in [5.74, 6) is 0.679. The average Bonchev–Trinajstić information content (AvgIpc) is 3.23. The van der Waals surface area contributed by atoms with E-state index in [2.05, 4.69) is 6.07 Å². The third-order valence-corrected chi connectivity index (χ3v) is 6.92. The topological polar surface area (TPSA) is 69.3 Å². The lowest BCUT2D eigenvalue weighted by atomic mass is 9.69. The van der Waals surface area contributed by atoms with E-state index in [4.69, 9.17) is 0 Å². The summed E-state index contributed by atoms with van der Waals surface area (Å²) in [6.07, 6.45) is 3.74. The molecule has 0 radical (unpaired) electrons. The number of likely N-dealkylation sites (tertiary alicyclic amines) is 1. The second-order valence-corrected chi connectivity index (χ2v) is 8.19. The maximum Gasteiger partial charge on any atom is 0.242 e. The van der Waals surface area contributed by atoms with Crippen LogP contribution in [0.3, 0.4) is 0 Å². The standard InChI is InChI=1S/C22H27N3O2/c1-3-22(27)10-6-7-16-12-24(13-19(16)22)21(26)14-25-15(2)18(11-23)17-8-4-5-9-20(17)25/h4-5,8-9,16,19,27H,3,6-7,10,12-14H2,1-2H3/t16-,19+,22-/m0/s1. The van der Waals surface area contributed by atoms with Crippen molar-refractivity contribution in [3.8, 4) is 6.07 Å². The molecule has 3 atom stereocenters. The largest absolute Gasteiger partial charge is 0.390 e. The van der Waals surface area contributed by atoms with Gasteiger partial charge in [-0.05, 0) is 38.2 Å². The van der Waals surface area contributed by atoms with Crippen molar-refractivity contribution in [3.63, 3.8) is 0 Å². The van der Waals surface area contributed by atoms with E-state index in [1.807, 2.05) is 47.6 Å². The average molecular weight is 365 g/mol. The summed E-state index contributed by atoms with van der Waals surface area (Å²) in [5, 5.41) is 21.4. The summed E-state index contributed by atoms with van der Waals surface area (Å²) in [4.78, 5) is 15.0. The van der Waals surface area contributed by atoms with Gasteiger partial charge >= 0.3 is 0 Å². The predicted octanol–water partition coefficient (Wildman–Crippen LogP) is 3.22. The van der Waals surface area contributed by atoms with Crippen molar-refractivity contribution < 1.29 is 9.90 Å². The molecule has 1 saturated carbocycles. The van der Waals surface area contributed by atoms with Crippen LogP contribution in [0.25, 0.3) is 10.9 Å². The first-order chi connectivity index (χ1) is 13.0. The van der Waals surface area contributed by atoms with Gasteiger partial charge in [0.1, 0.15) is 12.6 Å². The molecule has 2 heterocycles. The predicted molar refractivity (Wildman–Crippen MR) is 104 cm³/mol. The summed E-state index contributed by atoms with van der Waals surface area (Å²) in [5.41, 5.74) is 1.80. The molecular formula is C22H27N3O2. The minimum atomic E-state index is -0.623. The lowest BCUT2D eigenvalue weighted by molar-refractivity contribution is -0.131. The van der Waals surface area contributed by atoms with Gasteiger partial charge in [0, 0.05) is 30.1 Å². The summed E-state index contributed by atoms with van der Waals surface area (Å²) in [7, 11) is 0. The van der Waals surface area contributed by atoms with Crippen LogP contribution in [0.2, 0.25) is 0 Å². The van der Waals surface area contributed by atoms with Gasteiger partial charge in [0.25, 0.3) is 0 Å². The van der Waals surface area contributed by atoms with Gasteiger partial charge < -0.3 is 14.6 Å². The highest BCUT2D eigenvalue weighted by Crippen LogP contribution is 2.44. The van der Waals surface area contributed by atoms with Gasteiger partial charge in [-0.25, -0.2) is 0 Å². The summed E-state index contributed by atoms with van der Waals surface area (Å²) in [6.45, 7) is 5.60. The molecule has 1 N–H and O–H groups in total. The number of amides is 1. The number of aliphatic hydroxyl groups is 1. The number of aromatic nitrogens is 1. The first-order valence-corrected chi connectivity index (χ1v) is 9.96. The van der Waals surface area contributed by atoms with Gasteiger partial charge in [-0.15, -0.1) is 0 Å². The fraction of sp³-hybridized carbons (Fsp3) is 0.545. The molecule has 1 amide bonds. The van der Waals surface area contributed by atoms with E-state index >= 15 is 0 Å². The number of hydrogen-bond donors (Lipinski definition) is 1. The normalized spacial score (nSPS) is 27.6. The van der Waals surface area contributed by atoms with Crippen molar-refractivity contribution in [2.75, 3.05) is 13.1 Å². The maximum atomic E-state index is 13.1. The van der Waals surface area contributed by atoms with Crippen LogP contribution in [0, 0.1) is 30.1 Å². The number of nitriles is 1. The van der Waals surface area contributed by atoms with E-state index in [0.717, 1.165) is 48.8 Å².